The van der Waals surface area contributed by atoms with Crippen LogP contribution in [0.15, 0.2) is 30.3 Å². The third-order valence-corrected chi connectivity index (χ3v) is 2.70. The smallest absolute Gasteiger partial charge is 0.135 e. The van der Waals surface area contributed by atoms with E-state index in [1.54, 1.807) is 6.07 Å². The number of rotatable bonds is 1. The van der Waals surface area contributed by atoms with Gasteiger partial charge in [-0.15, -0.1) is 0 Å². The number of halogens is 4. The Balaban J connectivity index is 2.72. The molecule has 0 aliphatic heterocycles. The second kappa shape index (κ2) is 4.71. The van der Waals surface area contributed by atoms with Crippen molar-refractivity contribution in [2.24, 2.45) is 0 Å². The van der Waals surface area contributed by atoms with E-state index < -0.39 is 23.0 Å². The first kappa shape index (κ1) is 12.5. The van der Waals surface area contributed by atoms with Gasteiger partial charge in [0.1, 0.15) is 17.5 Å². The zero-order chi connectivity index (χ0) is 13.3. The number of nitriles is 1. The highest BCUT2D eigenvalue weighted by Gasteiger charge is 2.16. The van der Waals surface area contributed by atoms with Crippen molar-refractivity contribution in [1.29, 1.82) is 5.26 Å². The molecule has 0 saturated carbocycles. The van der Waals surface area contributed by atoms with Crippen LogP contribution in [-0.2, 0) is 0 Å². The second-order valence-electron chi connectivity index (χ2n) is 3.55. The molecule has 0 unspecified atom stereocenters. The van der Waals surface area contributed by atoms with Gasteiger partial charge in [0.2, 0.25) is 0 Å². The fourth-order valence-electron chi connectivity index (χ4n) is 1.58. The summed E-state index contributed by atoms with van der Waals surface area (Å²) in [7, 11) is 0. The molecule has 0 heterocycles. The van der Waals surface area contributed by atoms with Gasteiger partial charge >= 0.3 is 0 Å². The van der Waals surface area contributed by atoms with E-state index >= 15 is 0 Å². The maximum atomic E-state index is 13.7. The van der Waals surface area contributed by atoms with Crippen molar-refractivity contribution in [2.45, 2.75) is 0 Å². The molecule has 18 heavy (non-hydrogen) atoms. The van der Waals surface area contributed by atoms with Gasteiger partial charge in [-0.25, -0.2) is 13.2 Å². The minimum Gasteiger partial charge on any atom is -0.207 e. The van der Waals surface area contributed by atoms with Crippen LogP contribution in [0.3, 0.4) is 0 Å². The Morgan fingerprint density at radius 2 is 1.61 bits per heavy atom. The minimum atomic E-state index is -0.959. The molecule has 5 heteroatoms. The topological polar surface area (TPSA) is 23.8 Å². The molecule has 0 aliphatic rings. The predicted octanol–water partition coefficient (Wildman–Crippen LogP) is 4.30. The summed E-state index contributed by atoms with van der Waals surface area (Å²) in [4.78, 5) is 0. The van der Waals surface area contributed by atoms with E-state index in [2.05, 4.69) is 0 Å². The van der Waals surface area contributed by atoms with Gasteiger partial charge in [-0.3, -0.25) is 0 Å². The van der Waals surface area contributed by atoms with E-state index in [-0.39, 0.29) is 16.1 Å². The summed E-state index contributed by atoms with van der Waals surface area (Å²) in [5.41, 5.74) is -0.684. The van der Waals surface area contributed by atoms with Crippen LogP contribution in [0.2, 0.25) is 5.02 Å². The zero-order valence-electron chi connectivity index (χ0n) is 8.85. The first-order chi connectivity index (χ1) is 8.52. The highest BCUT2D eigenvalue weighted by atomic mass is 35.5. The maximum absolute atomic E-state index is 13.7. The van der Waals surface area contributed by atoms with E-state index in [4.69, 9.17) is 16.9 Å². The quantitative estimate of drug-likeness (QED) is 0.756. The van der Waals surface area contributed by atoms with E-state index in [9.17, 15) is 13.2 Å². The molecule has 90 valence electrons. The van der Waals surface area contributed by atoms with Crippen molar-refractivity contribution in [2.75, 3.05) is 0 Å². The lowest BCUT2D eigenvalue weighted by atomic mass is 10.0. The Hall–Kier alpha value is -1.99. The van der Waals surface area contributed by atoms with Crippen LogP contribution >= 0.6 is 11.6 Å². The highest BCUT2D eigenvalue weighted by molar-refractivity contribution is 6.33. The van der Waals surface area contributed by atoms with Crippen molar-refractivity contribution in [3.63, 3.8) is 0 Å². The third-order valence-electron chi connectivity index (χ3n) is 2.37. The second-order valence-corrected chi connectivity index (χ2v) is 3.96. The summed E-state index contributed by atoms with van der Waals surface area (Å²) in [5.74, 6) is -2.57. The lowest BCUT2D eigenvalue weighted by Crippen LogP contribution is -1.93. The highest BCUT2D eigenvalue weighted by Crippen LogP contribution is 2.33. The molecule has 0 atom stereocenters. The van der Waals surface area contributed by atoms with Gasteiger partial charge in [-0.2, -0.15) is 5.26 Å². The molecule has 2 aromatic rings. The van der Waals surface area contributed by atoms with Crippen molar-refractivity contribution in [1.82, 2.24) is 0 Å². The molecule has 2 aromatic carbocycles. The molecule has 0 radical (unpaired) electrons. The molecule has 0 aliphatic carbocycles. The van der Waals surface area contributed by atoms with Gasteiger partial charge in [0, 0.05) is 10.6 Å². The van der Waals surface area contributed by atoms with E-state index in [0.29, 0.717) is 0 Å². The molecule has 0 bridgehead atoms. The lowest BCUT2D eigenvalue weighted by molar-refractivity contribution is 0.588. The Kier molecular flexibility index (Phi) is 3.26. The minimum absolute atomic E-state index is 0.0268. The van der Waals surface area contributed by atoms with Gasteiger partial charge in [0.05, 0.1) is 17.2 Å². The average Bonchev–Trinajstić information content (AvgIpc) is 2.32. The molecule has 0 spiro atoms. The van der Waals surface area contributed by atoms with E-state index in [1.807, 2.05) is 0 Å². The van der Waals surface area contributed by atoms with E-state index in [1.165, 1.54) is 6.07 Å². The fraction of sp³-hybridized carbons (Fsp3) is 0. The van der Waals surface area contributed by atoms with Crippen molar-refractivity contribution >= 4 is 11.6 Å². The standard InChI is InChI=1S/C13H5ClF3N/c14-10-2-1-8(15)5-9(10)13-11(16)3-7(6-18)4-12(13)17/h1-5H. The molecule has 1 nitrogen and oxygen atoms in total. The summed E-state index contributed by atoms with van der Waals surface area (Å²) in [6.45, 7) is 0. The van der Waals surface area contributed by atoms with Crippen LogP contribution in [0.5, 0.6) is 0 Å². The van der Waals surface area contributed by atoms with Crippen LogP contribution in [0.25, 0.3) is 11.1 Å². The third kappa shape index (κ3) is 2.18. The molecule has 0 amide bonds. The molecular formula is C13H5ClF3N. The first-order valence-corrected chi connectivity index (χ1v) is 5.25. The monoisotopic (exact) mass is 267 g/mol. The van der Waals surface area contributed by atoms with Crippen LogP contribution in [0, 0.1) is 28.8 Å². The van der Waals surface area contributed by atoms with Gasteiger partial charge in [0.25, 0.3) is 0 Å². The Labute approximate surface area is 106 Å². The predicted molar refractivity (Wildman–Crippen MR) is 61.5 cm³/mol. The van der Waals surface area contributed by atoms with Gasteiger partial charge in [-0.05, 0) is 30.3 Å². The Bertz CT molecular complexity index is 639. The molecule has 0 fully saturated rings. The normalized spacial score (nSPS) is 10.2. The lowest BCUT2D eigenvalue weighted by Gasteiger charge is -2.08. The molecule has 0 saturated heterocycles. The molecule has 0 aromatic heterocycles. The summed E-state index contributed by atoms with van der Waals surface area (Å²) < 4.78 is 40.5. The van der Waals surface area contributed by atoms with Crippen LogP contribution in [0.1, 0.15) is 5.56 Å². The largest absolute Gasteiger partial charge is 0.207 e. The maximum Gasteiger partial charge on any atom is 0.135 e. The summed E-state index contributed by atoms with van der Waals surface area (Å²) >= 11 is 5.78. The summed E-state index contributed by atoms with van der Waals surface area (Å²) in [6, 6.07) is 6.62. The summed E-state index contributed by atoms with van der Waals surface area (Å²) in [5, 5.41) is 8.60. The van der Waals surface area contributed by atoms with Crippen LogP contribution < -0.4 is 0 Å². The first-order valence-electron chi connectivity index (χ1n) is 4.87. The van der Waals surface area contributed by atoms with Crippen LogP contribution in [0.4, 0.5) is 13.2 Å². The number of nitrogens with zero attached hydrogens (tertiary/aromatic N) is 1. The molecular weight excluding hydrogens is 263 g/mol. The van der Waals surface area contributed by atoms with Gasteiger partial charge < -0.3 is 0 Å². The van der Waals surface area contributed by atoms with Crippen molar-refractivity contribution in [3.8, 4) is 17.2 Å². The Morgan fingerprint density at radius 3 is 2.17 bits per heavy atom. The number of hydrogen-bond donors (Lipinski definition) is 0. The molecule has 0 N–H and O–H groups in total. The van der Waals surface area contributed by atoms with Crippen molar-refractivity contribution in [3.05, 3.63) is 58.4 Å². The van der Waals surface area contributed by atoms with Gasteiger partial charge in [-0.1, -0.05) is 11.6 Å². The Morgan fingerprint density at radius 1 is 1.00 bits per heavy atom. The van der Waals surface area contributed by atoms with Gasteiger partial charge in [0.15, 0.2) is 0 Å². The molecule has 2 rings (SSSR count). The number of benzene rings is 2. The fourth-order valence-corrected chi connectivity index (χ4v) is 1.80. The zero-order valence-corrected chi connectivity index (χ0v) is 9.60. The summed E-state index contributed by atoms with van der Waals surface area (Å²) in [6.07, 6.45) is 0. The average molecular weight is 268 g/mol. The van der Waals surface area contributed by atoms with Crippen molar-refractivity contribution < 1.29 is 13.2 Å². The number of hydrogen-bond acceptors (Lipinski definition) is 1. The SMILES string of the molecule is N#Cc1cc(F)c(-c2cc(F)ccc2Cl)c(F)c1. The van der Waals surface area contributed by atoms with Crippen LogP contribution in [-0.4, -0.2) is 0 Å². The van der Waals surface area contributed by atoms with E-state index in [0.717, 1.165) is 24.3 Å².